The van der Waals surface area contributed by atoms with Crippen molar-refractivity contribution in [2.75, 3.05) is 0 Å². The Morgan fingerprint density at radius 3 is 2.48 bits per heavy atom. The van der Waals surface area contributed by atoms with Gasteiger partial charge in [0, 0.05) is 23.5 Å². The maximum absolute atomic E-state index is 12.3. The van der Waals surface area contributed by atoms with E-state index in [0.29, 0.717) is 10.9 Å². The molecule has 8 heteroatoms. The fraction of sp³-hybridized carbons (Fsp3) is 0.412. The average molecular weight is 382 g/mol. The lowest BCUT2D eigenvalue weighted by atomic mass is 9.94. The molecule has 1 aliphatic rings. The Hall–Kier alpha value is -1.70. The van der Waals surface area contributed by atoms with Gasteiger partial charge in [-0.25, -0.2) is 18.1 Å². The highest BCUT2D eigenvalue weighted by Gasteiger charge is 2.26. The van der Waals surface area contributed by atoms with Crippen LogP contribution in [0.5, 0.6) is 5.88 Å². The molecule has 0 radical (unpaired) electrons. The summed E-state index contributed by atoms with van der Waals surface area (Å²) in [5.41, 5.74) is 0.719. The van der Waals surface area contributed by atoms with Crippen molar-refractivity contribution < 1.29 is 13.2 Å². The molecule has 0 aliphatic heterocycles. The Morgan fingerprint density at radius 2 is 1.84 bits per heavy atom. The number of benzene rings is 1. The number of aromatic nitrogens is 2. The predicted molar refractivity (Wildman–Crippen MR) is 95.9 cm³/mol. The van der Waals surface area contributed by atoms with Crippen LogP contribution in [0.2, 0.25) is 5.02 Å². The summed E-state index contributed by atoms with van der Waals surface area (Å²) in [6, 6.07) is 6.79. The fourth-order valence-electron chi connectivity index (χ4n) is 2.91. The molecule has 134 valence electrons. The summed E-state index contributed by atoms with van der Waals surface area (Å²) in [5.74, 6) is 0.467. The normalized spacial score (nSPS) is 21.0. The third-order valence-electron chi connectivity index (χ3n) is 4.12. The largest absolute Gasteiger partial charge is 0.473 e. The molecule has 1 aliphatic carbocycles. The number of hydrogen-bond donors (Lipinski definition) is 1. The Kier molecular flexibility index (Phi) is 5.88. The topological polar surface area (TPSA) is 81.2 Å². The molecule has 0 atom stereocenters. The van der Waals surface area contributed by atoms with Crippen LogP contribution in [0.3, 0.4) is 0 Å². The monoisotopic (exact) mass is 381 g/mol. The molecule has 2 aromatic rings. The van der Waals surface area contributed by atoms with Crippen molar-refractivity contribution >= 4 is 21.6 Å². The summed E-state index contributed by atoms with van der Waals surface area (Å²) in [7, 11) is -3.38. The molecular weight excluding hydrogens is 362 g/mol. The third kappa shape index (κ3) is 5.66. The Morgan fingerprint density at radius 1 is 1.12 bits per heavy atom. The van der Waals surface area contributed by atoms with Crippen molar-refractivity contribution in [2.24, 2.45) is 0 Å². The maximum atomic E-state index is 12.3. The minimum atomic E-state index is -3.38. The van der Waals surface area contributed by atoms with Crippen LogP contribution >= 0.6 is 11.6 Å². The van der Waals surface area contributed by atoms with Crippen LogP contribution in [0.25, 0.3) is 0 Å². The van der Waals surface area contributed by atoms with Gasteiger partial charge in [0.05, 0.1) is 11.9 Å². The van der Waals surface area contributed by atoms with Crippen molar-refractivity contribution in [1.82, 2.24) is 14.7 Å². The highest BCUT2D eigenvalue weighted by Crippen LogP contribution is 2.23. The molecule has 1 N–H and O–H groups in total. The Balaban J connectivity index is 1.48. The number of rotatable bonds is 6. The minimum absolute atomic E-state index is 0.0415. The van der Waals surface area contributed by atoms with Crippen molar-refractivity contribution in [2.45, 2.75) is 43.6 Å². The quantitative estimate of drug-likeness (QED) is 0.831. The lowest BCUT2D eigenvalue weighted by molar-refractivity contribution is 0.138. The van der Waals surface area contributed by atoms with E-state index in [-0.39, 0.29) is 17.9 Å². The van der Waals surface area contributed by atoms with E-state index in [1.165, 1.54) is 0 Å². The molecule has 6 nitrogen and oxygen atoms in total. The fourth-order valence-corrected chi connectivity index (χ4v) is 4.50. The number of hydrogen-bond acceptors (Lipinski definition) is 5. The maximum Gasteiger partial charge on any atom is 0.232 e. The first kappa shape index (κ1) is 18.1. The predicted octanol–water partition coefficient (Wildman–Crippen LogP) is 2.94. The van der Waals surface area contributed by atoms with E-state index < -0.39 is 10.0 Å². The summed E-state index contributed by atoms with van der Waals surface area (Å²) < 4.78 is 33.2. The molecule has 1 saturated carbocycles. The molecule has 0 unspecified atom stereocenters. The van der Waals surface area contributed by atoms with Gasteiger partial charge in [0.1, 0.15) is 6.10 Å². The van der Waals surface area contributed by atoms with E-state index in [0.717, 1.165) is 31.2 Å². The van der Waals surface area contributed by atoms with Gasteiger partial charge in [0.2, 0.25) is 15.9 Å². The van der Waals surface area contributed by atoms with E-state index in [1.807, 2.05) is 0 Å². The number of nitrogens with one attached hydrogen (secondary N) is 1. The molecule has 1 heterocycles. The second-order valence-corrected chi connectivity index (χ2v) is 8.33. The molecule has 3 rings (SSSR count). The number of nitrogens with zero attached hydrogens (tertiary/aromatic N) is 2. The second kappa shape index (κ2) is 8.12. The van der Waals surface area contributed by atoms with Crippen LogP contribution in [0.1, 0.15) is 31.2 Å². The van der Waals surface area contributed by atoms with Gasteiger partial charge in [-0.15, -0.1) is 0 Å². The standard InChI is InChI=1S/C17H20ClN3O3S/c18-14-3-1-13(2-4-14)12-25(22,23)21-15-5-7-16(8-6-15)24-17-11-19-9-10-20-17/h1-4,9-11,15-16,21H,5-8,12H2. The van der Waals surface area contributed by atoms with E-state index in [4.69, 9.17) is 16.3 Å². The minimum Gasteiger partial charge on any atom is -0.473 e. The Labute approximate surface area is 152 Å². The van der Waals surface area contributed by atoms with Crippen LogP contribution in [0.15, 0.2) is 42.9 Å². The van der Waals surface area contributed by atoms with Crippen molar-refractivity contribution in [1.29, 1.82) is 0 Å². The van der Waals surface area contributed by atoms with Gasteiger partial charge in [0.15, 0.2) is 0 Å². The zero-order valence-electron chi connectivity index (χ0n) is 13.6. The van der Waals surface area contributed by atoms with Gasteiger partial charge in [-0.1, -0.05) is 23.7 Å². The zero-order chi connectivity index (χ0) is 17.7. The third-order valence-corrected chi connectivity index (χ3v) is 5.78. The number of ether oxygens (including phenoxy) is 1. The molecular formula is C17H20ClN3O3S. The first-order chi connectivity index (χ1) is 12.0. The highest BCUT2D eigenvalue weighted by atomic mass is 35.5. The van der Waals surface area contributed by atoms with E-state index in [1.54, 1.807) is 42.9 Å². The molecule has 0 spiro atoms. The number of sulfonamides is 1. The van der Waals surface area contributed by atoms with Crippen molar-refractivity contribution in [3.05, 3.63) is 53.4 Å². The zero-order valence-corrected chi connectivity index (χ0v) is 15.2. The van der Waals surface area contributed by atoms with Crippen LogP contribution in [0.4, 0.5) is 0 Å². The SMILES string of the molecule is O=S(=O)(Cc1ccc(Cl)cc1)NC1CCC(Oc2cnccn2)CC1. The highest BCUT2D eigenvalue weighted by molar-refractivity contribution is 7.88. The lowest BCUT2D eigenvalue weighted by Gasteiger charge is -2.28. The van der Waals surface area contributed by atoms with Gasteiger partial charge in [0.25, 0.3) is 0 Å². The van der Waals surface area contributed by atoms with E-state index in [9.17, 15) is 8.42 Å². The molecule has 1 aromatic heterocycles. The summed E-state index contributed by atoms with van der Waals surface area (Å²) >= 11 is 5.82. The van der Waals surface area contributed by atoms with Gasteiger partial charge in [-0.3, -0.25) is 4.98 Å². The molecule has 1 fully saturated rings. The number of halogens is 1. The smallest absolute Gasteiger partial charge is 0.232 e. The van der Waals surface area contributed by atoms with Crippen LogP contribution in [-0.2, 0) is 15.8 Å². The Bertz CT molecular complexity index is 777. The summed E-state index contributed by atoms with van der Waals surface area (Å²) in [6.07, 6.45) is 7.87. The van der Waals surface area contributed by atoms with Gasteiger partial charge in [-0.2, -0.15) is 0 Å². The van der Waals surface area contributed by atoms with E-state index >= 15 is 0 Å². The van der Waals surface area contributed by atoms with Crippen LogP contribution < -0.4 is 9.46 Å². The molecule has 0 saturated heterocycles. The molecule has 0 bridgehead atoms. The van der Waals surface area contributed by atoms with Crippen LogP contribution in [-0.4, -0.2) is 30.5 Å². The van der Waals surface area contributed by atoms with Crippen molar-refractivity contribution in [3.8, 4) is 5.88 Å². The molecule has 1 aromatic carbocycles. The second-order valence-electron chi connectivity index (χ2n) is 6.14. The molecule has 0 amide bonds. The summed E-state index contributed by atoms with van der Waals surface area (Å²) in [6.45, 7) is 0. The molecule has 25 heavy (non-hydrogen) atoms. The van der Waals surface area contributed by atoms with Crippen molar-refractivity contribution in [3.63, 3.8) is 0 Å². The lowest BCUT2D eigenvalue weighted by Crippen LogP contribution is -2.40. The van der Waals surface area contributed by atoms with E-state index in [2.05, 4.69) is 14.7 Å². The average Bonchev–Trinajstić information content (AvgIpc) is 2.59. The summed E-state index contributed by atoms with van der Waals surface area (Å²) in [4.78, 5) is 8.07. The van der Waals surface area contributed by atoms with Gasteiger partial charge < -0.3 is 4.74 Å². The van der Waals surface area contributed by atoms with Crippen LogP contribution in [0, 0.1) is 0 Å². The first-order valence-corrected chi connectivity index (χ1v) is 10.2. The van der Waals surface area contributed by atoms with Gasteiger partial charge >= 0.3 is 0 Å². The summed E-state index contributed by atoms with van der Waals surface area (Å²) in [5, 5.41) is 0.593. The van der Waals surface area contributed by atoms with Gasteiger partial charge in [-0.05, 0) is 43.4 Å². The first-order valence-electron chi connectivity index (χ1n) is 8.17.